The van der Waals surface area contributed by atoms with Crippen LogP contribution in [0, 0.1) is 0 Å². The highest BCUT2D eigenvalue weighted by Crippen LogP contribution is 2.18. The van der Waals surface area contributed by atoms with Gasteiger partial charge in [-0.1, -0.05) is 24.3 Å². The fraction of sp³-hybridized carbons (Fsp3) is 0.438. The summed E-state index contributed by atoms with van der Waals surface area (Å²) in [5, 5.41) is 3.17. The van der Waals surface area contributed by atoms with Gasteiger partial charge >= 0.3 is 0 Å². The normalized spacial score (nSPS) is 15.0. The van der Waals surface area contributed by atoms with Crippen molar-refractivity contribution in [2.75, 3.05) is 18.0 Å². The minimum Gasteiger partial charge on any atom is -0.370 e. The van der Waals surface area contributed by atoms with Gasteiger partial charge in [-0.15, -0.1) is 24.0 Å². The highest BCUT2D eigenvalue weighted by molar-refractivity contribution is 14.0. The molecule has 0 bridgehead atoms. The van der Waals surface area contributed by atoms with E-state index < -0.39 is 0 Å². The van der Waals surface area contributed by atoms with Crippen molar-refractivity contribution < 1.29 is 0 Å². The van der Waals surface area contributed by atoms with Crippen LogP contribution in [0.4, 0.5) is 5.69 Å². The summed E-state index contributed by atoms with van der Waals surface area (Å²) in [6, 6.07) is 8.48. The molecule has 2 rings (SSSR count). The van der Waals surface area contributed by atoms with Gasteiger partial charge in [0.25, 0.3) is 0 Å². The zero-order valence-corrected chi connectivity index (χ0v) is 15.3. The number of nitrogens with two attached hydrogens (primary N) is 1. The average Bonchev–Trinajstić information content (AvgIpc) is 2.88. The van der Waals surface area contributed by atoms with Gasteiger partial charge in [-0.05, 0) is 38.5 Å². The molecule has 0 saturated heterocycles. The van der Waals surface area contributed by atoms with E-state index in [9.17, 15) is 0 Å². The van der Waals surface area contributed by atoms with E-state index in [4.69, 9.17) is 5.73 Å². The molecular weight excluding hydrogens is 375 g/mol. The van der Waals surface area contributed by atoms with E-state index >= 15 is 0 Å². The maximum atomic E-state index is 5.89. The Bertz CT molecular complexity index is 509. The maximum Gasteiger partial charge on any atom is 0.189 e. The van der Waals surface area contributed by atoms with Gasteiger partial charge in [-0.2, -0.15) is 0 Å². The van der Waals surface area contributed by atoms with Crippen LogP contribution in [0.1, 0.15) is 26.3 Å². The van der Waals surface area contributed by atoms with Crippen molar-refractivity contribution in [3.05, 3.63) is 42.0 Å². The number of anilines is 1. The molecule has 21 heavy (non-hydrogen) atoms. The number of nitrogens with zero attached hydrogens (tertiary/aromatic N) is 2. The van der Waals surface area contributed by atoms with Crippen LogP contribution in [-0.2, 0) is 6.54 Å². The van der Waals surface area contributed by atoms with Crippen LogP contribution in [0.5, 0.6) is 0 Å². The summed E-state index contributed by atoms with van der Waals surface area (Å²) in [6.07, 6.45) is 4.38. The molecule has 0 aliphatic carbocycles. The van der Waals surface area contributed by atoms with Crippen LogP contribution < -0.4 is 16.0 Å². The van der Waals surface area contributed by atoms with Gasteiger partial charge < -0.3 is 16.0 Å². The third kappa shape index (κ3) is 5.95. The molecule has 3 N–H and O–H groups in total. The van der Waals surface area contributed by atoms with Crippen LogP contribution >= 0.6 is 24.0 Å². The summed E-state index contributed by atoms with van der Waals surface area (Å²) in [6.45, 7) is 8.77. The summed E-state index contributed by atoms with van der Waals surface area (Å²) < 4.78 is 0. The fourth-order valence-corrected chi connectivity index (χ4v) is 2.14. The molecule has 1 aromatic carbocycles. The maximum absolute atomic E-state index is 5.89. The van der Waals surface area contributed by atoms with E-state index in [0.29, 0.717) is 12.5 Å². The van der Waals surface area contributed by atoms with Crippen molar-refractivity contribution in [2.24, 2.45) is 10.7 Å². The molecule has 1 aliphatic rings. The number of nitrogens with one attached hydrogen (secondary N) is 1. The molecule has 0 spiro atoms. The molecule has 0 radical (unpaired) electrons. The molecular formula is C16H25IN4. The Kier molecular flexibility index (Phi) is 6.51. The number of guanidine groups is 1. The molecule has 116 valence electrons. The first kappa shape index (κ1) is 17.8. The number of hydrogen-bond acceptors (Lipinski definition) is 2. The quantitative estimate of drug-likeness (QED) is 0.355. The van der Waals surface area contributed by atoms with Crippen molar-refractivity contribution >= 4 is 35.6 Å². The first-order valence-electron chi connectivity index (χ1n) is 7.01. The topological polar surface area (TPSA) is 53.6 Å². The number of benzene rings is 1. The molecule has 0 unspecified atom stereocenters. The summed E-state index contributed by atoms with van der Waals surface area (Å²) in [5.41, 5.74) is 8.24. The Morgan fingerprint density at radius 3 is 2.57 bits per heavy atom. The molecule has 1 heterocycles. The van der Waals surface area contributed by atoms with Crippen molar-refractivity contribution in [1.82, 2.24) is 5.32 Å². The van der Waals surface area contributed by atoms with Gasteiger partial charge in [0, 0.05) is 24.3 Å². The minimum absolute atomic E-state index is 0. The minimum atomic E-state index is -0.0589. The number of aliphatic imine (C=N–C) groups is 1. The predicted molar refractivity (Wildman–Crippen MR) is 101 cm³/mol. The van der Waals surface area contributed by atoms with E-state index in [2.05, 4.69) is 72.4 Å². The van der Waals surface area contributed by atoms with Crippen LogP contribution in [0.25, 0.3) is 0 Å². The second-order valence-electron chi connectivity index (χ2n) is 6.12. The Labute approximate surface area is 144 Å². The zero-order chi connectivity index (χ0) is 14.6. The number of halogens is 1. The monoisotopic (exact) mass is 400 g/mol. The molecule has 0 saturated carbocycles. The predicted octanol–water partition coefficient (Wildman–Crippen LogP) is 2.88. The number of hydrogen-bond donors (Lipinski definition) is 2. The lowest BCUT2D eigenvalue weighted by molar-refractivity contribution is 0.508. The Morgan fingerprint density at radius 1 is 1.29 bits per heavy atom. The van der Waals surface area contributed by atoms with Crippen molar-refractivity contribution in [2.45, 2.75) is 32.9 Å². The molecule has 5 heteroatoms. The highest BCUT2D eigenvalue weighted by Gasteiger charge is 2.10. The summed E-state index contributed by atoms with van der Waals surface area (Å²) in [5.74, 6) is 0.491. The smallest absolute Gasteiger partial charge is 0.189 e. The second kappa shape index (κ2) is 7.68. The van der Waals surface area contributed by atoms with Crippen LogP contribution in [-0.4, -0.2) is 24.6 Å². The first-order valence-corrected chi connectivity index (χ1v) is 7.01. The third-order valence-corrected chi connectivity index (χ3v) is 3.03. The third-order valence-electron chi connectivity index (χ3n) is 3.03. The fourth-order valence-electron chi connectivity index (χ4n) is 2.14. The lowest BCUT2D eigenvalue weighted by Gasteiger charge is -2.21. The largest absolute Gasteiger partial charge is 0.370 e. The standard InChI is InChI=1S/C16H24N4.HI/c1-16(2,3)19-15(17)18-12-13-7-6-8-14(11-13)20-9-4-5-10-20;/h4-8,11H,9-10,12H2,1-3H3,(H3,17,18,19);1H. The van der Waals surface area contributed by atoms with Crippen LogP contribution in [0.15, 0.2) is 41.4 Å². The Hall–Kier alpha value is -1.24. The average molecular weight is 400 g/mol. The van der Waals surface area contributed by atoms with Gasteiger partial charge in [0.1, 0.15) is 0 Å². The SMILES string of the molecule is CC(C)(C)NC(N)=NCc1cccc(N2CC=CC2)c1.I. The Balaban J connectivity index is 0.00000220. The summed E-state index contributed by atoms with van der Waals surface area (Å²) in [7, 11) is 0. The van der Waals surface area contributed by atoms with Gasteiger partial charge in [0.05, 0.1) is 6.54 Å². The van der Waals surface area contributed by atoms with Crippen molar-refractivity contribution in [1.29, 1.82) is 0 Å². The van der Waals surface area contributed by atoms with Gasteiger partial charge in [0.15, 0.2) is 5.96 Å². The van der Waals surface area contributed by atoms with E-state index in [1.165, 1.54) is 11.3 Å². The van der Waals surface area contributed by atoms with Gasteiger partial charge in [0.2, 0.25) is 0 Å². The molecule has 4 nitrogen and oxygen atoms in total. The van der Waals surface area contributed by atoms with E-state index in [0.717, 1.165) is 13.1 Å². The molecule has 0 fully saturated rings. The molecule has 0 amide bonds. The molecule has 0 atom stereocenters. The summed E-state index contributed by atoms with van der Waals surface area (Å²) in [4.78, 5) is 6.72. The first-order chi connectivity index (χ1) is 9.44. The number of rotatable bonds is 3. The van der Waals surface area contributed by atoms with E-state index in [-0.39, 0.29) is 29.5 Å². The Morgan fingerprint density at radius 2 is 1.95 bits per heavy atom. The van der Waals surface area contributed by atoms with Crippen molar-refractivity contribution in [3.63, 3.8) is 0 Å². The van der Waals surface area contributed by atoms with Gasteiger partial charge in [-0.25, -0.2) is 4.99 Å². The highest BCUT2D eigenvalue weighted by atomic mass is 127. The molecule has 0 aromatic heterocycles. The molecule has 1 aliphatic heterocycles. The van der Waals surface area contributed by atoms with E-state index in [1.54, 1.807) is 0 Å². The lowest BCUT2D eigenvalue weighted by Crippen LogP contribution is -2.44. The van der Waals surface area contributed by atoms with Crippen LogP contribution in [0.2, 0.25) is 0 Å². The molecule has 1 aromatic rings. The lowest BCUT2D eigenvalue weighted by atomic mass is 10.1. The zero-order valence-electron chi connectivity index (χ0n) is 13.0. The van der Waals surface area contributed by atoms with Crippen molar-refractivity contribution in [3.8, 4) is 0 Å². The van der Waals surface area contributed by atoms with Gasteiger partial charge in [-0.3, -0.25) is 0 Å². The van der Waals surface area contributed by atoms with E-state index in [1.807, 2.05) is 0 Å². The van der Waals surface area contributed by atoms with Crippen LogP contribution in [0.3, 0.4) is 0 Å². The summed E-state index contributed by atoms with van der Waals surface area (Å²) >= 11 is 0. The second-order valence-corrected chi connectivity index (χ2v) is 6.12.